The molecule has 2 aromatic rings. The summed E-state index contributed by atoms with van der Waals surface area (Å²) in [6, 6.07) is 7.51. The molecule has 0 spiro atoms. The minimum atomic E-state index is -1.35. The van der Waals surface area contributed by atoms with E-state index in [0.29, 0.717) is 17.3 Å². The molecular weight excluding hydrogens is 374 g/mol. The van der Waals surface area contributed by atoms with Crippen molar-refractivity contribution in [3.63, 3.8) is 0 Å². The zero-order valence-electron chi connectivity index (χ0n) is 14.5. The van der Waals surface area contributed by atoms with Gasteiger partial charge in [-0.3, -0.25) is 4.98 Å². The molecule has 0 unspecified atom stereocenters. The van der Waals surface area contributed by atoms with E-state index in [2.05, 4.69) is 10.3 Å². The first-order valence-corrected chi connectivity index (χ1v) is 9.08. The van der Waals surface area contributed by atoms with Crippen LogP contribution < -0.4 is 5.32 Å². The highest BCUT2D eigenvalue weighted by molar-refractivity contribution is 7.10. The Hall–Kier alpha value is -2.22. The fourth-order valence-electron chi connectivity index (χ4n) is 1.93. The molecule has 3 N–H and O–H groups in total. The van der Waals surface area contributed by atoms with Crippen LogP contribution in [-0.4, -0.2) is 34.0 Å². The normalized spacial score (nSPS) is 12.0. The average Bonchev–Trinajstić information content (AvgIpc) is 3.12. The second kappa shape index (κ2) is 8.93. The summed E-state index contributed by atoms with van der Waals surface area (Å²) < 4.78 is 5.32. The largest absolute Gasteiger partial charge is 0.479 e. The van der Waals surface area contributed by atoms with E-state index in [1.165, 1.54) is 25.2 Å². The predicted octanol–water partition coefficient (Wildman–Crippen LogP) is 3.83. The molecule has 2 rings (SSSR count). The van der Waals surface area contributed by atoms with Crippen LogP contribution in [0, 0.1) is 5.41 Å². The number of hydrogen-bond donors (Lipinski definition) is 3. The summed E-state index contributed by atoms with van der Waals surface area (Å²) >= 11 is 7.62. The van der Waals surface area contributed by atoms with Gasteiger partial charge >= 0.3 is 5.97 Å². The van der Waals surface area contributed by atoms with Crippen molar-refractivity contribution in [2.45, 2.75) is 26.0 Å². The number of nitrogens with zero attached hydrogens (tertiary/aromatic N) is 1. The van der Waals surface area contributed by atoms with Crippen LogP contribution in [0.2, 0.25) is 5.02 Å². The van der Waals surface area contributed by atoms with Crippen LogP contribution in [-0.2, 0) is 16.1 Å². The number of halogens is 1. The predicted molar refractivity (Wildman–Crippen MR) is 104 cm³/mol. The van der Waals surface area contributed by atoms with Gasteiger partial charge in [0.1, 0.15) is 0 Å². The lowest BCUT2D eigenvalue weighted by molar-refractivity contribution is -0.159. The van der Waals surface area contributed by atoms with Crippen LogP contribution >= 0.6 is 22.9 Å². The first kappa shape index (κ1) is 20.1. The van der Waals surface area contributed by atoms with Gasteiger partial charge in [-0.1, -0.05) is 29.8 Å². The molecule has 138 valence electrons. The molecule has 0 saturated heterocycles. The summed E-state index contributed by atoms with van der Waals surface area (Å²) in [6.45, 7) is 3.27. The van der Waals surface area contributed by atoms with Crippen molar-refractivity contribution in [3.05, 3.63) is 57.5 Å². The highest BCUT2D eigenvalue weighted by Crippen LogP contribution is 2.20. The number of ether oxygens (including phenoxy) is 1. The van der Waals surface area contributed by atoms with E-state index in [9.17, 15) is 4.79 Å². The number of carbonyl (C=O) groups is 1. The number of nitrogens with one attached hydrogen (secondary N) is 2. The van der Waals surface area contributed by atoms with Gasteiger partial charge in [0.15, 0.2) is 5.60 Å². The van der Waals surface area contributed by atoms with Crippen LogP contribution in [0.3, 0.4) is 0 Å². The first-order chi connectivity index (χ1) is 12.3. The van der Waals surface area contributed by atoms with E-state index in [1.54, 1.807) is 17.8 Å². The lowest BCUT2D eigenvalue weighted by Crippen LogP contribution is -2.36. The van der Waals surface area contributed by atoms with Crippen molar-refractivity contribution >= 4 is 40.3 Å². The van der Waals surface area contributed by atoms with Crippen molar-refractivity contribution in [2.75, 3.05) is 6.61 Å². The monoisotopic (exact) mass is 393 g/mol. The molecule has 8 heteroatoms. The van der Waals surface area contributed by atoms with Crippen LogP contribution in [0.5, 0.6) is 0 Å². The number of carboxylic acids is 1. The van der Waals surface area contributed by atoms with Crippen molar-refractivity contribution in [2.24, 2.45) is 0 Å². The highest BCUT2D eigenvalue weighted by atomic mass is 35.5. The molecule has 1 aromatic heterocycles. The van der Waals surface area contributed by atoms with Gasteiger partial charge in [0, 0.05) is 17.8 Å². The van der Waals surface area contributed by atoms with Gasteiger partial charge in [0.05, 0.1) is 28.4 Å². The van der Waals surface area contributed by atoms with Crippen LogP contribution in [0.4, 0.5) is 0 Å². The second-order valence-electron chi connectivity index (χ2n) is 6.00. The van der Waals surface area contributed by atoms with E-state index in [1.807, 2.05) is 24.3 Å². The third kappa shape index (κ3) is 5.66. The summed E-state index contributed by atoms with van der Waals surface area (Å²) in [4.78, 5) is 16.0. The topological polar surface area (TPSA) is 95.3 Å². The second-order valence-corrected chi connectivity index (χ2v) is 7.29. The van der Waals surface area contributed by atoms with Gasteiger partial charge in [0.25, 0.3) is 0 Å². The van der Waals surface area contributed by atoms with Gasteiger partial charge in [-0.2, -0.15) is 0 Å². The molecule has 0 fully saturated rings. The molecule has 0 radical (unpaired) electrons. The molecule has 6 nitrogen and oxygen atoms in total. The van der Waals surface area contributed by atoms with Crippen LogP contribution in [0.25, 0.3) is 5.70 Å². The quantitative estimate of drug-likeness (QED) is 0.563. The van der Waals surface area contributed by atoms with E-state index in [0.717, 1.165) is 10.4 Å². The summed E-state index contributed by atoms with van der Waals surface area (Å²) in [5.41, 5.74) is 2.13. The van der Waals surface area contributed by atoms with Gasteiger partial charge in [-0.15, -0.1) is 11.3 Å². The number of carboxylic acid groups (broad SMARTS) is 1. The number of aliphatic carboxylic acids is 1. The molecular formula is C18H20ClN3O3S. The standard InChI is InChI=1S/C18H20ClN3O3S/c1-18(2,17(23)24)25-10-13(20)7-15(16-9-21-11-26-16)22-8-12-5-3-4-6-14(12)19/h3-7,9,11,20,22H,8,10H2,1-2H3,(H,23,24)/b15-7-,20-13?. The number of hydrogen-bond acceptors (Lipinski definition) is 6. The van der Waals surface area contributed by atoms with E-state index in [4.69, 9.17) is 26.9 Å². The Morgan fingerprint density at radius 2 is 2.19 bits per heavy atom. The molecule has 1 aromatic carbocycles. The lowest BCUT2D eigenvalue weighted by atomic mass is 10.1. The maximum absolute atomic E-state index is 11.1. The zero-order valence-corrected chi connectivity index (χ0v) is 16.0. The fraction of sp³-hybridized carbons (Fsp3) is 0.278. The Morgan fingerprint density at radius 1 is 1.46 bits per heavy atom. The Bertz CT molecular complexity index is 804. The van der Waals surface area contributed by atoms with Crippen molar-refractivity contribution in [1.29, 1.82) is 5.41 Å². The Balaban J connectivity index is 2.09. The molecule has 0 atom stereocenters. The van der Waals surface area contributed by atoms with Crippen molar-refractivity contribution in [3.8, 4) is 0 Å². The minimum Gasteiger partial charge on any atom is -0.479 e. The number of benzene rings is 1. The number of aromatic nitrogens is 1. The smallest absolute Gasteiger partial charge is 0.335 e. The Morgan fingerprint density at radius 3 is 2.81 bits per heavy atom. The van der Waals surface area contributed by atoms with Gasteiger partial charge in [-0.25, -0.2) is 4.79 Å². The number of thiazole rings is 1. The van der Waals surface area contributed by atoms with Gasteiger partial charge in [-0.05, 0) is 31.6 Å². The third-order valence-corrected chi connectivity index (χ3v) is 4.72. The maximum atomic E-state index is 11.1. The third-order valence-electron chi connectivity index (χ3n) is 3.55. The highest BCUT2D eigenvalue weighted by Gasteiger charge is 2.28. The minimum absolute atomic E-state index is 0.116. The summed E-state index contributed by atoms with van der Waals surface area (Å²) in [5, 5.41) is 21.1. The molecule has 1 heterocycles. The molecule has 0 bridgehead atoms. The SMILES string of the molecule is CC(C)(OCC(=N)/C=C(\NCc1ccccc1Cl)c1cncs1)C(=O)O. The van der Waals surface area contributed by atoms with E-state index >= 15 is 0 Å². The number of rotatable bonds is 9. The molecule has 0 amide bonds. The van der Waals surface area contributed by atoms with E-state index < -0.39 is 11.6 Å². The van der Waals surface area contributed by atoms with E-state index in [-0.39, 0.29) is 12.3 Å². The Kier molecular flexibility index (Phi) is 6.90. The van der Waals surface area contributed by atoms with Gasteiger partial charge in [0.2, 0.25) is 0 Å². The Labute approximate surface area is 161 Å². The van der Waals surface area contributed by atoms with Crippen molar-refractivity contribution < 1.29 is 14.6 Å². The summed E-state index contributed by atoms with van der Waals surface area (Å²) in [5.74, 6) is -1.08. The lowest BCUT2D eigenvalue weighted by Gasteiger charge is -2.19. The summed E-state index contributed by atoms with van der Waals surface area (Å²) in [6.07, 6.45) is 3.31. The molecule has 0 saturated carbocycles. The summed E-state index contributed by atoms with van der Waals surface area (Å²) in [7, 11) is 0. The van der Waals surface area contributed by atoms with Crippen molar-refractivity contribution in [1.82, 2.24) is 10.3 Å². The molecule has 0 aliphatic rings. The molecule has 0 aliphatic heterocycles. The molecule has 0 aliphatic carbocycles. The molecule has 26 heavy (non-hydrogen) atoms. The maximum Gasteiger partial charge on any atom is 0.335 e. The van der Waals surface area contributed by atoms with Crippen LogP contribution in [0.1, 0.15) is 24.3 Å². The van der Waals surface area contributed by atoms with Crippen LogP contribution in [0.15, 0.2) is 42.0 Å². The van der Waals surface area contributed by atoms with Gasteiger partial charge < -0.3 is 20.6 Å². The zero-order chi connectivity index (χ0) is 19.2. The fourth-order valence-corrected chi connectivity index (χ4v) is 2.74. The first-order valence-electron chi connectivity index (χ1n) is 7.82. The average molecular weight is 394 g/mol.